The van der Waals surface area contributed by atoms with Crippen LogP contribution < -0.4 is 4.74 Å². The Hall–Kier alpha value is -1.60. The van der Waals surface area contributed by atoms with Crippen LogP contribution in [0.3, 0.4) is 0 Å². The van der Waals surface area contributed by atoms with Crippen LogP contribution in [0.5, 0.6) is 5.88 Å². The summed E-state index contributed by atoms with van der Waals surface area (Å²) >= 11 is 0. The predicted molar refractivity (Wildman–Crippen MR) is 61.9 cm³/mol. The molecule has 0 aliphatic rings. The summed E-state index contributed by atoms with van der Waals surface area (Å²) in [5.74, 6) is 0.631. The summed E-state index contributed by atoms with van der Waals surface area (Å²) in [6.45, 7) is 5.23. The molecule has 0 aliphatic carbocycles. The van der Waals surface area contributed by atoms with Crippen LogP contribution in [0, 0.1) is 11.3 Å². The van der Waals surface area contributed by atoms with Gasteiger partial charge in [0.15, 0.2) is 0 Å². The third-order valence-corrected chi connectivity index (χ3v) is 2.42. The Balaban J connectivity index is 2.81. The molecule has 0 unspecified atom stereocenters. The lowest BCUT2D eigenvalue weighted by atomic mass is 10.2. The van der Waals surface area contributed by atoms with E-state index in [1.54, 1.807) is 13.3 Å². The molecule has 86 valence electrons. The standard InChI is InChI=1S/C12H17N3O/c1-10(2)15(8-6-13)9-11-5-4-7-14-12(11)16-3/h4-5,7,10H,8-9H2,1-3H3. The van der Waals surface area contributed by atoms with Gasteiger partial charge in [0.2, 0.25) is 5.88 Å². The van der Waals surface area contributed by atoms with Crippen molar-refractivity contribution in [1.29, 1.82) is 5.26 Å². The molecule has 1 heterocycles. The Kier molecular flexibility index (Phi) is 4.74. The zero-order chi connectivity index (χ0) is 12.0. The van der Waals surface area contributed by atoms with E-state index in [4.69, 9.17) is 10.00 Å². The van der Waals surface area contributed by atoms with E-state index < -0.39 is 0 Å². The maximum atomic E-state index is 8.75. The number of nitriles is 1. The number of ether oxygens (including phenoxy) is 1. The van der Waals surface area contributed by atoms with Gasteiger partial charge >= 0.3 is 0 Å². The summed E-state index contributed by atoms with van der Waals surface area (Å²) in [6.07, 6.45) is 1.70. The molecular weight excluding hydrogens is 202 g/mol. The van der Waals surface area contributed by atoms with E-state index in [2.05, 4.69) is 29.8 Å². The third-order valence-electron chi connectivity index (χ3n) is 2.42. The highest BCUT2D eigenvalue weighted by Crippen LogP contribution is 2.16. The highest BCUT2D eigenvalue weighted by molar-refractivity contribution is 5.25. The van der Waals surface area contributed by atoms with E-state index in [1.807, 2.05) is 12.1 Å². The van der Waals surface area contributed by atoms with Gasteiger partial charge in [0.05, 0.1) is 19.7 Å². The van der Waals surface area contributed by atoms with Crippen LogP contribution in [0.1, 0.15) is 19.4 Å². The van der Waals surface area contributed by atoms with Crippen LogP contribution in [0.15, 0.2) is 18.3 Å². The van der Waals surface area contributed by atoms with Crippen LogP contribution >= 0.6 is 0 Å². The van der Waals surface area contributed by atoms with E-state index in [1.165, 1.54) is 0 Å². The molecular formula is C12H17N3O. The summed E-state index contributed by atoms with van der Waals surface area (Å²) in [7, 11) is 1.61. The molecule has 0 aliphatic heterocycles. The van der Waals surface area contributed by atoms with Gasteiger partial charge in [-0.05, 0) is 19.9 Å². The number of hydrogen-bond donors (Lipinski definition) is 0. The summed E-state index contributed by atoms with van der Waals surface area (Å²) < 4.78 is 5.18. The van der Waals surface area contributed by atoms with Gasteiger partial charge in [-0.25, -0.2) is 4.98 Å². The van der Waals surface area contributed by atoms with Crippen molar-refractivity contribution in [3.63, 3.8) is 0 Å². The molecule has 0 saturated heterocycles. The van der Waals surface area contributed by atoms with E-state index in [0.717, 1.165) is 5.56 Å². The van der Waals surface area contributed by atoms with Crippen LogP contribution in [-0.4, -0.2) is 29.6 Å². The lowest BCUT2D eigenvalue weighted by Gasteiger charge is -2.23. The quantitative estimate of drug-likeness (QED) is 0.709. The average molecular weight is 219 g/mol. The minimum Gasteiger partial charge on any atom is -0.481 e. The van der Waals surface area contributed by atoms with Gasteiger partial charge in [-0.15, -0.1) is 0 Å². The summed E-state index contributed by atoms with van der Waals surface area (Å²) in [5.41, 5.74) is 1.01. The molecule has 0 bridgehead atoms. The normalized spacial score (nSPS) is 10.5. The highest BCUT2D eigenvalue weighted by atomic mass is 16.5. The van der Waals surface area contributed by atoms with Crippen molar-refractivity contribution in [2.45, 2.75) is 26.4 Å². The Morgan fingerprint density at radius 2 is 2.31 bits per heavy atom. The van der Waals surface area contributed by atoms with E-state index in [0.29, 0.717) is 25.0 Å². The molecule has 0 amide bonds. The zero-order valence-corrected chi connectivity index (χ0v) is 9.97. The smallest absolute Gasteiger partial charge is 0.217 e. The summed E-state index contributed by atoms with van der Waals surface area (Å²) in [5, 5.41) is 8.75. The molecule has 0 fully saturated rings. The molecule has 4 heteroatoms. The Morgan fingerprint density at radius 1 is 1.56 bits per heavy atom. The lowest BCUT2D eigenvalue weighted by molar-refractivity contribution is 0.235. The number of methoxy groups -OCH3 is 1. The molecule has 0 aromatic carbocycles. The second-order valence-corrected chi connectivity index (χ2v) is 3.83. The number of rotatable bonds is 5. The maximum Gasteiger partial charge on any atom is 0.217 e. The largest absolute Gasteiger partial charge is 0.481 e. The summed E-state index contributed by atoms with van der Waals surface area (Å²) in [4.78, 5) is 6.21. The van der Waals surface area contributed by atoms with Gasteiger partial charge in [-0.2, -0.15) is 5.26 Å². The topological polar surface area (TPSA) is 49.1 Å². The van der Waals surface area contributed by atoms with Crippen molar-refractivity contribution in [2.24, 2.45) is 0 Å². The Bertz CT molecular complexity index is 371. The van der Waals surface area contributed by atoms with Crippen molar-refractivity contribution >= 4 is 0 Å². The highest BCUT2D eigenvalue weighted by Gasteiger charge is 2.12. The molecule has 0 atom stereocenters. The molecule has 1 aromatic rings. The number of nitrogens with zero attached hydrogens (tertiary/aromatic N) is 3. The Morgan fingerprint density at radius 3 is 2.88 bits per heavy atom. The van der Waals surface area contributed by atoms with Gasteiger partial charge in [0.1, 0.15) is 0 Å². The first-order valence-electron chi connectivity index (χ1n) is 5.28. The van der Waals surface area contributed by atoms with Crippen LogP contribution in [-0.2, 0) is 6.54 Å². The van der Waals surface area contributed by atoms with Gasteiger partial charge in [-0.3, -0.25) is 4.90 Å². The molecule has 0 saturated carbocycles. The van der Waals surface area contributed by atoms with Crippen molar-refractivity contribution in [1.82, 2.24) is 9.88 Å². The van der Waals surface area contributed by atoms with Gasteiger partial charge in [0, 0.05) is 24.3 Å². The number of aromatic nitrogens is 1. The number of hydrogen-bond acceptors (Lipinski definition) is 4. The van der Waals surface area contributed by atoms with Gasteiger partial charge in [-0.1, -0.05) is 6.07 Å². The molecule has 1 rings (SSSR count). The lowest BCUT2D eigenvalue weighted by Crippen LogP contribution is -2.30. The minimum absolute atomic E-state index is 0.324. The van der Waals surface area contributed by atoms with Crippen molar-refractivity contribution < 1.29 is 4.74 Å². The van der Waals surface area contributed by atoms with Gasteiger partial charge < -0.3 is 4.74 Å². The fourth-order valence-electron chi connectivity index (χ4n) is 1.46. The van der Waals surface area contributed by atoms with Crippen LogP contribution in [0.25, 0.3) is 0 Å². The monoisotopic (exact) mass is 219 g/mol. The zero-order valence-electron chi connectivity index (χ0n) is 9.97. The SMILES string of the molecule is COc1ncccc1CN(CC#N)C(C)C. The van der Waals surface area contributed by atoms with E-state index in [-0.39, 0.29) is 0 Å². The molecule has 0 radical (unpaired) electrons. The third kappa shape index (κ3) is 3.21. The molecule has 0 N–H and O–H groups in total. The minimum atomic E-state index is 0.324. The Labute approximate surface area is 96.5 Å². The number of pyridine rings is 1. The van der Waals surface area contributed by atoms with E-state index in [9.17, 15) is 0 Å². The second-order valence-electron chi connectivity index (χ2n) is 3.83. The van der Waals surface area contributed by atoms with Crippen molar-refractivity contribution in [3.05, 3.63) is 23.9 Å². The van der Waals surface area contributed by atoms with Gasteiger partial charge in [0.25, 0.3) is 0 Å². The van der Waals surface area contributed by atoms with Crippen molar-refractivity contribution in [2.75, 3.05) is 13.7 Å². The predicted octanol–water partition coefficient (Wildman–Crippen LogP) is 1.82. The van der Waals surface area contributed by atoms with Crippen LogP contribution in [0.4, 0.5) is 0 Å². The maximum absolute atomic E-state index is 8.75. The van der Waals surface area contributed by atoms with E-state index >= 15 is 0 Å². The summed E-state index contributed by atoms with van der Waals surface area (Å²) in [6, 6.07) is 6.34. The molecule has 1 aromatic heterocycles. The molecule has 16 heavy (non-hydrogen) atoms. The first-order chi connectivity index (χ1) is 7.69. The fourth-order valence-corrected chi connectivity index (χ4v) is 1.46. The average Bonchev–Trinajstić information content (AvgIpc) is 2.29. The second kappa shape index (κ2) is 6.09. The fraction of sp³-hybridized carbons (Fsp3) is 0.500. The first kappa shape index (κ1) is 12.5. The molecule has 4 nitrogen and oxygen atoms in total. The molecule has 0 spiro atoms. The van der Waals surface area contributed by atoms with Crippen LogP contribution in [0.2, 0.25) is 0 Å². The first-order valence-corrected chi connectivity index (χ1v) is 5.28. The van der Waals surface area contributed by atoms with Crippen molar-refractivity contribution in [3.8, 4) is 11.9 Å².